The van der Waals surface area contributed by atoms with E-state index in [2.05, 4.69) is 24.1 Å². The maximum Gasteiger partial charge on any atom is 0.272 e. The van der Waals surface area contributed by atoms with Crippen molar-refractivity contribution in [2.75, 3.05) is 13.1 Å². The van der Waals surface area contributed by atoms with Crippen LogP contribution in [0.5, 0.6) is 0 Å². The zero-order chi connectivity index (χ0) is 17.1. The van der Waals surface area contributed by atoms with E-state index >= 15 is 0 Å². The number of likely N-dealkylation sites (tertiary alicyclic amines) is 1. The summed E-state index contributed by atoms with van der Waals surface area (Å²) in [5, 5.41) is 3.12. The van der Waals surface area contributed by atoms with E-state index in [0.29, 0.717) is 23.2 Å². The number of hydrogen-bond acceptors (Lipinski definition) is 3. The van der Waals surface area contributed by atoms with E-state index in [0.717, 1.165) is 38.8 Å². The lowest BCUT2D eigenvalue weighted by Crippen LogP contribution is -2.44. The molecule has 3 atom stereocenters. The van der Waals surface area contributed by atoms with Gasteiger partial charge in [0.15, 0.2) is 0 Å². The Balaban J connectivity index is 1.69. The van der Waals surface area contributed by atoms with Crippen molar-refractivity contribution in [2.24, 2.45) is 11.8 Å². The summed E-state index contributed by atoms with van der Waals surface area (Å²) in [6.45, 7) is 6.02. The fraction of sp³-hybridized carbons (Fsp3) is 0.632. The van der Waals surface area contributed by atoms with Crippen LogP contribution in [-0.2, 0) is 0 Å². The molecule has 0 unspecified atom stereocenters. The second-order valence-electron chi connectivity index (χ2n) is 7.25. The van der Waals surface area contributed by atoms with Gasteiger partial charge in [-0.25, -0.2) is 4.98 Å². The van der Waals surface area contributed by atoms with Gasteiger partial charge in [-0.3, -0.25) is 9.59 Å². The Hall–Kier alpha value is -1.91. The number of aromatic nitrogens is 1. The molecule has 130 valence electrons. The highest BCUT2D eigenvalue weighted by Gasteiger charge is 2.29. The van der Waals surface area contributed by atoms with E-state index in [1.807, 2.05) is 4.90 Å². The lowest BCUT2D eigenvalue weighted by molar-refractivity contribution is 0.0786. The third-order valence-corrected chi connectivity index (χ3v) is 5.62. The maximum atomic E-state index is 12.6. The minimum Gasteiger partial charge on any atom is -0.348 e. The molecule has 1 aromatic rings. The predicted molar refractivity (Wildman–Crippen MR) is 92.8 cm³/mol. The smallest absolute Gasteiger partial charge is 0.272 e. The van der Waals surface area contributed by atoms with E-state index in [4.69, 9.17) is 0 Å². The lowest BCUT2D eigenvalue weighted by atomic mass is 9.78. The highest BCUT2D eigenvalue weighted by molar-refractivity contribution is 5.96. The molecule has 5 heteroatoms. The monoisotopic (exact) mass is 329 g/mol. The third kappa shape index (κ3) is 3.60. The molecule has 1 N–H and O–H groups in total. The van der Waals surface area contributed by atoms with Crippen molar-refractivity contribution >= 4 is 11.8 Å². The molecule has 2 fully saturated rings. The molecule has 1 saturated heterocycles. The molecule has 1 aliphatic carbocycles. The van der Waals surface area contributed by atoms with Gasteiger partial charge in [0.1, 0.15) is 11.4 Å². The molecule has 0 spiro atoms. The Labute approximate surface area is 143 Å². The Kier molecular flexibility index (Phi) is 5.17. The molecule has 5 nitrogen and oxygen atoms in total. The van der Waals surface area contributed by atoms with E-state index in [1.54, 1.807) is 18.2 Å². The molecule has 1 aliphatic heterocycles. The van der Waals surface area contributed by atoms with Crippen LogP contribution >= 0.6 is 0 Å². The van der Waals surface area contributed by atoms with Crippen molar-refractivity contribution in [2.45, 2.75) is 52.0 Å². The zero-order valence-corrected chi connectivity index (χ0v) is 14.6. The van der Waals surface area contributed by atoms with Crippen molar-refractivity contribution in [3.63, 3.8) is 0 Å². The first-order valence-electron chi connectivity index (χ1n) is 9.13. The fourth-order valence-corrected chi connectivity index (χ4v) is 3.79. The van der Waals surface area contributed by atoms with Gasteiger partial charge in [-0.05, 0) is 43.2 Å². The Morgan fingerprint density at radius 3 is 2.54 bits per heavy atom. The van der Waals surface area contributed by atoms with Crippen molar-refractivity contribution in [3.05, 3.63) is 29.6 Å². The van der Waals surface area contributed by atoms with Crippen LogP contribution in [0.3, 0.4) is 0 Å². The molecule has 2 heterocycles. The number of carbonyl (C=O) groups is 2. The highest BCUT2D eigenvalue weighted by Crippen LogP contribution is 2.29. The highest BCUT2D eigenvalue weighted by atomic mass is 16.2. The minimum absolute atomic E-state index is 0.0678. The summed E-state index contributed by atoms with van der Waals surface area (Å²) >= 11 is 0. The maximum absolute atomic E-state index is 12.6. The van der Waals surface area contributed by atoms with Crippen molar-refractivity contribution < 1.29 is 9.59 Å². The molecular weight excluding hydrogens is 302 g/mol. The number of amides is 2. The first kappa shape index (κ1) is 16.9. The Morgan fingerprint density at radius 2 is 1.79 bits per heavy atom. The molecule has 0 aromatic carbocycles. The fourth-order valence-electron chi connectivity index (χ4n) is 3.79. The Morgan fingerprint density at radius 1 is 1.08 bits per heavy atom. The molecular formula is C19H27N3O2. The van der Waals surface area contributed by atoms with Crippen LogP contribution < -0.4 is 5.32 Å². The molecule has 2 aliphatic rings. The van der Waals surface area contributed by atoms with Crippen LogP contribution in [0.4, 0.5) is 0 Å². The minimum atomic E-state index is -0.169. The number of carbonyl (C=O) groups excluding carboxylic acids is 2. The number of nitrogens with zero attached hydrogens (tertiary/aromatic N) is 2. The van der Waals surface area contributed by atoms with Gasteiger partial charge in [-0.15, -0.1) is 0 Å². The third-order valence-electron chi connectivity index (χ3n) is 5.62. The first-order chi connectivity index (χ1) is 11.6. The number of pyridine rings is 1. The van der Waals surface area contributed by atoms with E-state index in [-0.39, 0.29) is 17.9 Å². The topological polar surface area (TPSA) is 62.3 Å². The van der Waals surface area contributed by atoms with Gasteiger partial charge in [0.25, 0.3) is 11.8 Å². The second-order valence-corrected chi connectivity index (χ2v) is 7.25. The van der Waals surface area contributed by atoms with Gasteiger partial charge >= 0.3 is 0 Å². The Bertz CT molecular complexity index is 610. The quantitative estimate of drug-likeness (QED) is 0.927. The molecule has 3 rings (SSSR count). The van der Waals surface area contributed by atoms with Gasteiger partial charge in [0.05, 0.1) is 0 Å². The summed E-state index contributed by atoms with van der Waals surface area (Å²) in [7, 11) is 0. The lowest BCUT2D eigenvalue weighted by Gasteiger charge is -2.34. The SMILES string of the molecule is C[C@H]1[C@H](C)CCC[C@H]1NC(=O)c1cccc(C(=O)N2CCCC2)n1. The standard InChI is InChI=1S/C19H27N3O2/c1-13-7-5-8-15(14(13)2)21-18(23)16-9-6-10-17(20-16)19(24)22-11-3-4-12-22/h6,9-10,13-15H,3-5,7-8,11-12H2,1-2H3,(H,21,23)/t13-,14+,15-/m1/s1. The number of rotatable bonds is 3. The van der Waals surface area contributed by atoms with Crippen molar-refractivity contribution in [1.82, 2.24) is 15.2 Å². The number of nitrogens with one attached hydrogen (secondary N) is 1. The second kappa shape index (κ2) is 7.32. The molecule has 0 radical (unpaired) electrons. The molecule has 1 aromatic heterocycles. The summed E-state index contributed by atoms with van der Waals surface area (Å²) in [4.78, 5) is 31.1. The van der Waals surface area contributed by atoms with Gasteiger partial charge in [0.2, 0.25) is 0 Å². The van der Waals surface area contributed by atoms with E-state index in [9.17, 15) is 9.59 Å². The summed E-state index contributed by atoms with van der Waals surface area (Å²) in [6.07, 6.45) is 5.49. The van der Waals surface area contributed by atoms with Crippen LogP contribution in [-0.4, -0.2) is 40.8 Å². The summed E-state index contributed by atoms with van der Waals surface area (Å²) in [5.74, 6) is 0.857. The summed E-state index contributed by atoms with van der Waals surface area (Å²) in [5.41, 5.74) is 0.708. The van der Waals surface area contributed by atoms with Crippen LogP contribution in [0, 0.1) is 11.8 Å². The molecule has 2 amide bonds. The van der Waals surface area contributed by atoms with Gasteiger partial charge in [-0.2, -0.15) is 0 Å². The molecule has 24 heavy (non-hydrogen) atoms. The first-order valence-corrected chi connectivity index (χ1v) is 9.13. The van der Waals surface area contributed by atoms with Crippen LogP contribution in [0.1, 0.15) is 66.9 Å². The zero-order valence-electron chi connectivity index (χ0n) is 14.6. The van der Waals surface area contributed by atoms with E-state index < -0.39 is 0 Å². The van der Waals surface area contributed by atoms with Crippen molar-refractivity contribution in [1.29, 1.82) is 0 Å². The van der Waals surface area contributed by atoms with Crippen LogP contribution in [0.15, 0.2) is 18.2 Å². The predicted octanol–water partition coefficient (Wildman–Crippen LogP) is 2.87. The van der Waals surface area contributed by atoms with Gasteiger partial charge < -0.3 is 10.2 Å². The van der Waals surface area contributed by atoms with Crippen molar-refractivity contribution in [3.8, 4) is 0 Å². The molecule has 1 saturated carbocycles. The van der Waals surface area contributed by atoms with Crippen LogP contribution in [0.25, 0.3) is 0 Å². The summed E-state index contributed by atoms with van der Waals surface area (Å²) in [6, 6.07) is 5.33. The average molecular weight is 329 g/mol. The van der Waals surface area contributed by atoms with Crippen LogP contribution in [0.2, 0.25) is 0 Å². The summed E-state index contributed by atoms with van der Waals surface area (Å²) < 4.78 is 0. The van der Waals surface area contributed by atoms with Gasteiger partial charge in [0, 0.05) is 19.1 Å². The normalized spacial score (nSPS) is 27.1. The van der Waals surface area contributed by atoms with Gasteiger partial charge in [-0.1, -0.05) is 32.8 Å². The largest absolute Gasteiger partial charge is 0.348 e. The number of hydrogen-bond donors (Lipinski definition) is 1. The van der Waals surface area contributed by atoms with E-state index in [1.165, 1.54) is 6.42 Å². The molecule has 0 bridgehead atoms. The average Bonchev–Trinajstić information content (AvgIpc) is 3.13.